The van der Waals surface area contributed by atoms with Gasteiger partial charge in [-0.05, 0) is 26.7 Å². The van der Waals surface area contributed by atoms with Crippen LogP contribution >= 0.6 is 0 Å². The van der Waals surface area contributed by atoms with Crippen molar-refractivity contribution >= 4 is 5.97 Å². The van der Waals surface area contributed by atoms with Gasteiger partial charge in [0.1, 0.15) is 5.92 Å². The number of hydrogen-bond donors (Lipinski definition) is 0. The van der Waals surface area contributed by atoms with Gasteiger partial charge in [0.05, 0.1) is 6.61 Å². The zero-order valence-corrected chi connectivity index (χ0v) is 11.7. The van der Waals surface area contributed by atoms with Crippen molar-refractivity contribution < 1.29 is 14.1 Å². The van der Waals surface area contributed by atoms with Crippen molar-refractivity contribution in [3.63, 3.8) is 0 Å². The van der Waals surface area contributed by atoms with E-state index >= 15 is 0 Å². The van der Waals surface area contributed by atoms with Gasteiger partial charge in [-0.15, -0.1) is 0 Å². The number of esters is 1. The number of carbonyl (C=O) groups excluding carboxylic acids is 1. The Morgan fingerprint density at radius 1 is 1.37 bits per heavy atom. The van der Waals surface area contributed by atoms with E-state index in [9.17, 15) is 4.79 Å². The van der Waals surface area contributed by atoms with Gasteiger partial charge in [0, 0.05) is 5.92 Å². The van der Waals surface area contributed by atoms with Crippen molar-refractivity contribution in [3.05, 3.63) is 11.7 Å². The molecule has 0 N–H and O–H groups in total. The molecule has 0 saturated heterocycles. The topological polar surface area (TPSA) is 65.2 Å². The lowest BCUT2D eigenvalue weighted by Gasteiger charge is -2.08. The minimum atomic E-state index is -0.480. The molecule has 5 nitrogen and oxygen atoms in total. The van der Waals surface area contributed by atoms with Crippen molar-refractivity contribution in [2.24, 2.45) is 0 Å². The lowest BCUT2D eigenvalue weighted by atomic mass is 10.00. The highest BCUT2D eigenvalue weighted by Gasteiger charge is 2.26. The van der Waals surface area contributed by atoms with Gasteiger partial charge < -0.3 is 9.26 Å². The average molecular weight is 266 g/mol. The van der Waals surface area contributed by atoms with E-state index in [2.05, 4.69) is 10.1 Å². The van der Waals surface area contributed by atoms with Crippen molar-refractivity contribution in [1.82, 2.24) is 10.1 Å². The average Bonchev–Trinajstić information content (AvgIpc) is 2.74. The number of rotatable bonds is 4. The molecule has 1 atom stereocenters. The first-order valence-corrected chi connectivity index (χ1v) is 7.22. The molecule has 0 amide bonds. The first-order valence-electron chi connectivity index (χ1n) is 7.22. The van der Waals surface area contributed by atoms with Crippen LogP contribution in [0.4, 0.5) is 0 Å². The third-order valence-corrected chi connectivity index (χ3v) is 3.69. The molecule has 0 aromatic carbocycles. The second-order valence-corrected chi connectivity index (χ2v) is 5.15. The van der Waals surface area contributed by atoms with Gasteiger partial charge in [-0.25, -0.2) is 0 Å². The van der Waals surface area contributed by atoms with E-state index < -0.39 is 5.92 Å². The molecule has 0 aliphatic heterocycles. The van der Waals surface area contributed by atoms with Gasteiger partial charge in [-0.2, -0.15) is 4.98 Å². The molecule has 0 bridgehead atoms. The normalized spacial score (nSPS) is 18.8. The van der Waals surface area contributed by atoms with Gasteiger partial charge in [0.25, 0.3) is 0 Å². The minimum absolute atomic E-state index is 0.307. The molecule has 0 spiro atoms. The predicted octanol–water partition coefficient (Wildman–Crippen LogP) is 3.17. The summed E-state index contributed by atoms with van der Waals surface area (Å²) in [5.41, 5.74) is 0. The largest absolute Gasteiger partial charge is 0.465 e. The zero-order valence-electron chi connectivity index (χ0n) is 11.7. The van der Waals surface area contributed by atoms with Gasteiger partial charge in [0.2, 0.25) is 5.89 Å². The molecular weight excluding hydrogens is 244 g/mol. The standard InChI is InChI=1S/C14H22N2O3/c1-3-18-14(17)10(2)13-15-12(16-19-13)11-8-6-4-5-7-9-11/h10-11H,3-9H2,1-2H3. The van der Waals surface area contributed by atoms with E-state index in [0.29, 0.717) is 18.4 Å². The summed E-state index contributed by atoms with van der Waals surface area (Å²) in [5.74, 6) is 0.727. The monoisotopic (exact) mass is 266 g/mol. The zero-order chi connectivity index (χ0) is 13.7. The van der Waals surface area contributed by atoms with Crippen LogP contribution in [0.2, 0.25) is 0 Å². The molecule has 5 heteroatoms. The van der Waals surface area contributed by atoms with E-state index in [0.717, 1.165) is 18.7 Å². The maximum Gasteiger partial charge on any atom is 0.318 e. The van der Waals surface area contributed by atoms with E-state index in [1.54, 1.807) is 13.8 Å². The summed E-state index contributed by atoms with van der Waals surface area (Å²) < 4.78 is 10.2. The summed E-state index contributed by atoms with van der Waals surface area (Å²) in [6, 6.07) is 0. The smallest absolute Gasteiger partial charge is 0.318 e. The minimum Gasteiger partial charge on any atom is -0.465 e. The third-order valence-electron chi connectivity index (χ3n) is 3.69. The van der Waals surface area contributed by atoms with Gasteiger partial charge in [0.15, 0.2) is 5.82 Å². The van der Waals surface area contributed by atoms with Crippen LogP contribution in [-0.4, -0.2) is 22.7 Å². The van der Waals surface area contributed by atoms with Crippen LogP contribution in [0.1, 0.15) is 75.9 Å². The summed E-state index contributed by atoms with van der Waals surface area (Å²) in [6.07, 6.45) is 7.27. The molecule has 106 valence electrons. The fourth-order valence-electron chi connectivity index (χ4n) is 2.49. The Labute approximate surface area is 113 Å². The number of hydrogen-bond acceptors (Lipinski definition) is 5. The van der Waals surface area contributed by atoms with Crippen LogP contribution in [-0.2, 0) is 9.53 Å². The van der Waals surface area contributed by atoms with Crippen LogP contribution in [0.5, 0.6) is 0 Å². The van der Waals surface area contributed by atoms with Crippen molar-refractivity contribution in [2.45, 2.75) is 64.2 Å². The summed E-state index contributed by atoms with van der Waals surface area (Å²) in [6.45, 7) is 3.89. The van der Waals surface area contributed by atoms with E-state index in [4.69, 9.17) is 9.26 Å². The van der Waals surface area contributed by atoms with Crippen LogP contribution in [0, 0.1) is 0 Å². The fourth-order valence-corrected chi connectivity index (χ4v) is 2.49. The van der Waals surface area contributed by atoms with E-state index in [1.165, 1.54) is 25.7 Å². The Bertz CT molecular complexity index is 409. The molecule has 19 heavy (non-hydrogen) atoms. The Hall–Kier alpha value is -1.39. The van der Waals surface area contributed by atoms with Crippen molar-refractivity contribution in [1.29, 1.82) is 0 Å². The molecule has 1 fully saturated rings. The molecule has 1 aliphatic carbocycles. The van der Waals surface area contributed by atoms with Gasteiger partial charge in [-0.1, -0.05) is 30.8 Å². The fraction of sp³-hybridized carbons (Fsp3) is 0.786. The predicted molar refractivity (Wildman–Crippen MR) is 69.8 cm³/mol. The molecule has 1 saturated carbocycles. The highest BCUT2D eigenvalue weighted by molar-refractivity contribution is 5.76. The second-order valence-electron chi connectivity index (χ2n) is 5.15. The maximum absolute atomic E-state index is 11.6. The second kappa shape index (κ2) is 6.68. The molecule has 1 aromatic heterocycles. The Morgan fingerprint density at radius 2 is 2.05 bits per heavy atom. The molecule has 1 aromatic rings. The Balaban J connectivity index is 2.03. The summed E-state index contributed by atoms with van der Waals surface area (Å²) in [5, 5.41) is 4.05. The number of aromatic nitrogens is 2. The molecule has 0 radical (unpaired) electrons. The van der Waals surface area contributed by atoms with Crippen molar-refractivity contribution in [3.8, 4) is 0 Å². The van der Waals surface area contributed by atoms with Gasteiger partial charge >= 0.3 is 5.97 Å². The van der Waals surface area contributed by atoms with Crippen LogP contribution in [0.3, 0.4) is 0 Å². The molecular formula is C14H22N2O3. The van der Waals surface area contributed by atoms with Gasteiger partial charge in [-0.3, -0.25) is 4.79 Å². The SMILES string of the molecule is CCOC(=O)C(C)c1nc(C2CCCCCC2)no1. The number of carbonyl (C=O) groups is 1. The highest BCUT2D eigenvalue weighted by atomic mass is 16.5. The maximum atomic E-state index is 11.6. The third kappa shape index (κ3) is 3.55. The summed E-state index contributed by atoms with van der Waals surface area (Å²) in [4.78, 5) is 16.0. The number of nitrogens with zero attached hydrogens (tertiary/aromatic N) is 2. The molecule has 2 rings (SSSR count). The molecule has 1 heterocycles. The Morgan fingerprint density at radius 3 is 2.68 bits per heavy atom. The Kier molecular flexibility index (Phi) is 4.93. The van der Waals surface area contributed by atoms with Crippen LogP contribution in [0.25, 0.3) is 0 Å². The van der Waals surface area contributed by atoms with Crippen molar-refractivity contribution in [2.75, 3.05) is 6.61 Å². The van der Waals surface area contributed by atoms with E-state index in [1.807, 2.05) is 0 Å². The first-order chi connectivity index (χ1) is 9.22. The summed E-state index contributed by atoms with van der Waals surface area (Å²) in [7, 11) is 0. The molecule has 1 unspecified atom stereocenters. The number of ether oxygens (including phenoxy) is 1. The van der Waals surface area contributed by atoms with E-state index in [-0.39, 0.29) is 5.97 Å². The lowest BCUT2D eigenvalue weighted by molar-refractivity contribution is -0.145. The first kappa shape index (κ1) is 14.0. The van der Waals surface area contributed by atoms with Crippen LogP contribution < -0.4 is 0 Å². The summed E-state index contributed by atoms with van der Waals surface area (Å²) >= 11 is 0. The van der Waals surface area contributed by atoms with Crippen LogP contribution in [0.15, 0.2) is 4.52 Å². The quantitative estimate of drug-likeness (QED) is 0.618. The highest BCUT2D eigenvalue weighted by Crippen LogP contribution is 2.30. The molecule has 1 aliphatic rings. The lowest BCUT2D eigenvalue weighted by Crippen LogP contribution is -2.13.